The molecule has 3 aliphatic heterocycles. The Hall–Kier alpha value is -0.610. The van der Waals surface area contributed by atoms with Gasteiger partial charge in [0.2, 0.25) is 5.91 Å². The summed E-state index contributed by atoms with van der Waals surface area (Å²) in [4.78, 5) is 14.6. The van der Waals surface area contributed by atoms with Crippen molar-refractivity contribution in [2.24, 2.45) is 17.8 Å². The molecule has 4 heteroatoms. The van der Waals surface area contributed by atoms with Crippen LogP contribution in [0.5, 0.6) is 0 Å². The lowest BCUT2D eigenvalue weighted by molar-refractivity contribution is -0.138. The van der Waals surface area contributed by atoms with Crippen LogP contribution in [0.15, 0.2) is 0 Å². The molecule has 3 fully saturated rings. The van der Waals surface area contributed by atoms with Crippen LogP contribution in [0.4, 0.5) is 0 Å². The molecule has 5 unspecified atom stereocenters. The highest BCUT2D eigenvalue weighted by atomic mass is 16.5. The number of nitrogens with one attached hydrogen (secondary N) is 1. The summed E-state index contributed by atoms with van der Waals surface area (Å²) in [6.45, 7) is 8.08. The van der Waals surface area contributed by atoms with Crippen molar-refractivity contribution in [2.45, 2.75) is 32.4 Å². The van der Waals surface area contributed by atoms with E-state index in [-0.39, 0.29) is 12.0 Å². The molecule has 3 heterocycles. The zero-order chi connectivity index (χ0) is 12.0. The van der Waals surface area contributed by atoms with Gasteiger partial charge in [0.1, 0.15) is 0 Å². The number of rotatable bonds is 1. The molecule has 3 rings (SSSR count). The quantitative estimate of drug-likeness (QED) is 0.722. The van der Waals surface area contributed by atoms with E-state index in [1.807, 2.05) is 6.92 Å². The summed E-state index contributed by atoms with van der Waals surface area (Å²) in [5.74, 6) is 1.77. The average Bonchev–Trinajstić information content (AvgIpc) is 2.96. The minimum Gasteiger partial charge on any atom is -0.378 e. The van der Waals surface area contributed by atoms with Crippen molar-refractivity contribution >= 4 is 5.91 Å². The van der Waals surface area contributed by atoms with Crippen LogP contribution in [-0.4, -0.2) is 49.2 Å². The molecule has 4 nitrogen and oxygen atoms in total. The first-order chi connectivity index (χ1) is 8.18. The van der Waals surface area contributed by atoms with E-state index in [1.54, 1.807) is 0 Å². The molecule has 96 valence electrons. The molecule has 3 saturated heterocycles. The SMILES string of the molecule is CC1OCCC1C(=O)N1CC2CNCC2C1C. The lowest BCUT2D eigenvalue weighted by atomic mass is 9.95. The van der Waals surface area contributed by atoms with Crippen LogP contribution in [0.3, 0.4) is 0 Å². The standard InChI is InChI=1S/C13H22N2O2/c1-8-12-6-14-5-10(12)7-15(8)13(16)11-3-4-17-9(11)2/h8-12,14H,3-7H2,1-2H3. The number of carbonyl (C=O) groups excluding carboxylic acids is 1. The first kappa shape index (κ1) is 11.5. The molecule has 17 heavy (non-hydrogen) atoms. The highest BCUT2D eigenvalue weighted by Crippen LogP contribution is 2.35. The van der Waals surface area contributed by atoms with Crippen LogP contribution in [-0.2, 0) is 9.53 Å². The highest BCUT2D eigenvalue weighted by molar-refractivity contribution is 5.80. The Morgan fingerprint density at radius 2 is 2.18 bits per heavy atom. The van der Waals surface area contributed by atoms with E-state index in [2.05, 4.69) is 17.1 Å². The van der Waals surface area contributed by atoms with Gasteiger partial charge in [-0.05, 0) is 32.1 Å². The number of likely N-dealkylation sites (tertiary alicyclic amines) is 1. The van der Waals surface area contributed by atoms with Gasteiger partial charge in [0.05, 0.1) is 12.0 Å². The van der Waals surface area contributed by atoms with Gasteiger partial charge in [-0.25, -0.2) is 0 Å². The lowest BCUT2D eigenvalue weighted by Gasteiger charge is -2.28. The fourth-order valence-corrected chi connectivity index (χ4v) is 3.73. The Labute approximate surface area is 103 Å². The van der Waals surface area contributed by atoms with Crippen molar-refractivity contribution in [1.29, 1.82) is 0 Å². The third-order valence-corrected chi connectivity index (χ3v) is 4.91. The van der Waals surface area contributed by atoms with Crippen LogP contribution in [0.1, 0.15) is 20.3 Å². The molecule has 0 spiro atoms. The number of ether oxygens (including phenoxy) is 1. The average molecular weight is 238 g/mol. The van der Waals surface area contributed by atoms with Crippen molar-refractivity contribution in [3.8, 4) is 0 Å². The molecule has 1 N–H and O–H groups in total. The van der Waals surface area contributed by atoms with E-state index >= 15 is 0 Å². The predicted molar refractivity (Wildman–Crippen MR) is 64.5 cm³/mol. The molecule has 1 amide bonds. The Morgan fingerprint density at radius 3 is 2.82 bits per heavy atom. The van der Waals surface area contributed by atoms with E-state index in [0.717, 1.165) is 32.7 Å². The van der Waals surface area contributed by atoms with Crippen molar-refractivity contribution in [2.75, 3.05) is 26.2 Å². The molecule has 0 aromatic rings. The van der Waals surface area contributed by atoms with Crippen LogP contribution in [0, 0.1) is 17.8 Å². The summed E-state index contributed by atoms with van der Waals surface area (Å²) >= 11 is 0. The second-order valence-electron chi connectivity index (χ2n) is 5.78. The van der Waals surface area contributed by atoms with Gasteiger partial charge in [-0.2, -0.15) is 0 Å². The maximum Gasteiger partial charge on any atom is 0.228 e. The normalized spacial score (nSPS) is 45.3. The summed E-state index contributed by atoms with van der Waals surface area (Å²) < 4.78 is 5.52. The topological polar surface area (TPSA) is 41.6 Å². The summed E-state index contributed by atoms with van der Waals surface area (Å²) in [5.41, 5.74) is 0. The van der Waals surface area contributed by atoms with Gasteiger partial charge in [0.15, 0.2) is 0 Å². The monoisotopic (exact) mass is 238 g/mol. The largest absolute Gasteiger partial charge is 0.378 e. The Bertz CT molecular complexity index is 321. The van der Waals surface area contributed by atoms with E-state index in [9.17, 15) is 4.79 Å². The predicted octanol–water partition coefficient (Wildman–Crippen LogP) is 0.478. The van der Waals surface area contributed by atoms with Gasteiger partial charge >= 0.3 is 0 Å². The fourth-order valence-electron chi connectivity index (χ4n) is 3.73. The molecule has 3 aliphatic rings. The van der Waals surface area contributed by atoms with Crippen LogP contribution >= 0.6 is 0 Å². The van der Waals surface area contributed by atoms with Crippen molar-refractivity contribution < 1.29 is 9.53 Å². The molecular weight excluding hydrogens is 216 g/mol. The van der Waals surface area contributed by atoms with Crippen molar-refractivity contribution in [3.63, 3.8) is 0 Å². The molecule has 0 radical (unpaired) electrons. The van der Waals surface area contributed by atoms with Crippen molar-refractivity contribution in [1.82, 2.24) is 10.2 Å². The first-order valence-electron chi connectivity index (χ1n) is 6.81. The van der Waals surface area contributed by atoms with E-state index in [1.165, 1.54) is 0 Å². The Kier molecular flexibility index (Phi) is 2.87. The van der Waals surface area contributed by atoms with Crippen molar-refractivity contribution in [3.05, 3.63) is 0 Å². The molecule has 0 saturated carbocycles. The minimum absolute atomic E-state index is 0.101. The van der Waals surface area contributed by atoms with E-state index in [0.29, 0.717) is 23.8 Å². The van der Waals surface area contributed by atoms with Gasteiger partial charge in [-0.1, -0.05) is 0 Å². The molecule has 0 aliphatic carbocycles. The zero-order valence-electron chi connectivity index (χ0n) is 10.7. The highest BCUT2D eigenvalue weighted by Gasteiger charge is 2.46. The summed E-state index contributed by atoms with van der Waals surface area (Å²) in [7, 11) is 0. The van der Waals surface area contributed by atoms with Crippen LogP contribution < -0.4 is 5.32 Å². The second-order valence-corrected chi connectivity index (χ2v) is 5.78. The van der Waals surface area contributed by atoms with E-state index in [4.69, 9.17) is 4.74 Å². The fraction of sp³-hybridized carbons (Fsp3) is 0.923. The molecule has 5 atom stereocenters. The molecule has 0 aromatic heterocycles. The van der Waals surface area contributed by atoms with Gasteiger partial charge in [0.25, 0.3) is 0 Å². The lowest BCUT2D eigenvalue weighted by Crippen LogP contribution is -2.43. The summed E-state index contributed by atoms with van der Waals surface area (Å²) in [6, 6.07) is 0.398. The van der Waals surface area contributed by atoms with Gasteiger partial charge in [-0.3, -0.25) is 4.79 Å². The van der Waals surface area contributed by atoms with Gasteiger partial charge in [0, 0.05) is 32.3 Å². The second kappa shape index (κ2) is 4.25. The molecule has 0 bridgehead atoms. The maximum atomic E-state index is 12.5. The van der Waals surface area contributed by atoms with Gasteiger partial charge < -0.3 is 15.0 Å². The smallest absolute Gasteiger partial charge is 0.228 e. The number of amides is 1. The van der Waals surface area contributed by atoms with Crippen LogP contribution in [0.2, 0.25) is 0 Å². The Morgan fingerprint density at radius 1 is 1.35 bits per heavy atom. The number of hydrogen-bond donors (Lipinski definition) is 1. The van der Waals surface area contributed by atoms with E-state index < -0.39 is 0 Å². The molecule has 0 aromatic carbocycles. The number of fused-ring (bicyclic) bond motifs is 1. The Balaban J connectivity index is 1.70. The zero-order valence-corrected chi connectivity index (χ0v) is 10.7. The summed E-state index contributed by atoms with van der Waals surface area (Å²) in [5, 5.41) is 3.43. The number of nitrogens with zero attached hydrogens (tertiary/aromatic N) is 1. The summed E-state index contributed by atoms with van der Waals surface area (Å²) in [6.07, 6.45) is 1.00. The number of carbonyl (C=O) groups is 1. The number of hydrogen-bond acceptors (Lipinski definition) is 3. The maximum absolute atomic E-state index is 12.5. The van der Waals surface area contributed by atoms with Crippen LogP contribution in [0.25, 0.3) is 0 Å². The third-order valence-electron chi connectivity index (χ3n) is 4.91. The third kappa shape index (κ3) is 1.78. The first-order valence-corrected chi connectivity index (χ1v) is 6.81. The van der Waals surface area contributed by atoms with Gasteiger partial charge in [-0.15, -0.1) is 0 Å². The minimum atomic E-state index is 0.101. The molecular formula is C13H22N2O2.